The number of urea groups is 1. The largest absolute Gasteiger partial charge is 0.354 e. The molecular weight excluding hydrogens is 303 g/mol. The fraction of sp³-hybridized carbons (Fsp3) is 0.600. The molecule has 0 aromatic rings. The molecule has 6 unspecified atom stereocenters. The third-order valence-corrected chi connectivity index (χ3v) is 6.72. The van der Waals surface area contributed by atoms with Crippen LogP contribution in [-0.2, 0) is 4.74 Å². The molecule has 22 heavy (non-hydrogen) atoms. The molecule has 3 N–H and O–H groups in total. The van der Waals surface area contributed by atoms with Crippen LogP contribution in [0.1, 0.15) is 20.3 Å². The van der Waals surface area contributed by atoms with E-state index in [4.69, 9.17) is 4.74 Å². The fourth-order valence-electron chi connectivity index (χ4n) is 3.49. The standard InChI is InChI=1S/C15H23N2O4P/c1-8-5-6-17(15(18)16-8)14-10(3)9(2)13(21-14)11-7-12(11)22(4,19)20/h5-6,9-14,19-20H,1,4,7H2,2-3H3,(H,16,18). The van der Waals surface area contributed by atoms with E-state index in [9.17, 15) is 14.6 Å². The van der Waals surface area contributed by atoms with Gasteiger partial charge in [0.15, 0.2) is 0 Å². The molecule has 6 atom stereocenters. The van der Waals surface area contributed by atoms with E-state index in [1.807, 2.05) is 0 Å². The lowest BCUT2D eigenvalue weighted by atomic mass is 9.90. The molecular formula is C15H23N2O4P. The Labute approximate surface area is 130 Å². The summed E-state index contributed by atoms with van der Waals surface area (Å²) in [7, 11) is -3.05. The minimum absolute atomic E-state index is 0.0725. The Hall–Kier alpha value is -1.07. The summed E-state index contributed by atoms with van der Waals surface area (Å²) in [6, 6.07) is -0.243. The highest BCUT2D eigenvalue weighted by Gasteiger charge is 2.56. The van der Waals surface area contributed by atoms with Gasteiger partial charge >= 0.3 is 6.03 Å². The maximum atomic E-state index is 12.1. The van der Waals surface area contributed by atoms with Crippen LogP contribution in [0, 0.1) is 17.8 Å². The molecule has 0 aromatic carbocycles. The normalized spacial score (nSPS) is 41.7. The van der Waals surface area contributed by atoms with Gasteiger partial charge in [-0.15, -0.1) is 0 Å². The smallest absolute Gasteiger partial charge is 0.327 e. The molecule has 2 aliphatic heterocycles. The van der Waals surface area contributed by atoms with Gasteiger partial charge in [0.2, 0.25) is 0 Å². The average Bonchev–Trinajstić information content (AvgIpc) is 3.15. The predicted octanol–water partition coefficient (Wildman–Crippen LogP) is 1.69. The first-order valence-corrected chi connectivity index (χ1v) is 9.45. The number of allylic oxidation sites excluding steroid dienone is 1. The highest BCUT2D eigenvalue weighted by atomic mass is 31.2. The average molecular weight is 326 g/mol. The molecule has 1 saturated heterocycles. The highest BCUT2D eigenvalue weighted by Crippen LogP contribution is 2.61. The van der Waals surface area contributed by atoms with Crippen molar-refractivity contribution in [3.8, 4) is 0 Å². The van der Waals surface area contributed by atoms with E-state index >= 15 is 0 Å². The number of rotatable bonds is 3. The Morgan fingerprint density at radius 2 is 2.09 bits per heavy atom. The first kappa shape index (κ1) is 15.8. The second-order valence-corrected chi connectivity index (χ2v) is 8.88. The number of hydrogen-bond acceptors (Lipinski definition) is 4. The summed E-state index contributed by atoms with van der Waals surface area (Å²) in [5, 5.41) is 2.68. The van der Waals surface area contributed by atoms with Crippen molar-refractivity contribution in [2.75, 3.05) is 0 Å². The van der Waals surface area contributed by atoms with E-state index in [1.165, 1.54) is 0 Å². The van der Waals surface area contributed by atoms with E-state index in [1.54, 1.807) is 17.2 Å². The second kappa shape index (κ2) is 5.24. The van der Waals surface area contributed by atoms with Crippen LogP contribution < -0.4 is 5.32 Å². The third kappa shape index (κ3) is 2.65. The molecule has 3 rings (SSSR count). The van der Waals surface area contributed by atoms with E-state index < -0.39 is 7.34 Å². The van der Waals surface area contributed by atoms with Gasteiger partial charge in [0.05, 0.1) is 6.10 Å². The number of nitrogens with one attached hydrogen (secondary N) is 1. The van der Waals surface area contributed by atoms with Gasteiger partial charge in [0.25, 0.3) is 0 Å². The van der Waals surface area contributed by atoms with Crippen molar-refractivity contribution < 1.29 is 19.3 Å². The van der Waals surface area contributed by atoms with E-state index in [0.717, 1.165) is 6.42 Å². The van der Waals surface area contributed by atoms with E-state index in [0.29, 0.717) is 5.70 Å². The van der Waals surface area contributed by atoms with Gasteiger partial charge < -0.3 is 19.8 Å². The van der Waals surface area contributed by atoms with Crippen molar-refractivity contribution in [3.63, 3.8) is 0 Å². The molecule has 3 aliphatic rings. The van der Waals surface area contributed by atoms with Crippen molar-refractivity contribution in [2.45, 2.75) is 38.3 Å². The molecule has 0 spiro atoms. The van der Waals surface area contributed by atoms with E-state index in [2.05, 4.69) is 32.0 Å². The zero-order valence-electron chi connectivity index (χ0n) is 12.8. The Morgan fingerprint density at radius 3 is 2.64 bits per heavy atom. The van der Waals surface area contributed by atoms with Gasteiger partial charge in [0, 0.05) is 23.5 Å². The maximum Gasteiger partial charge on any atom is 0.327 e. The summed E-state index contributed by atoms with van der Waals surface area (Å²) in [6.45, 7) is 7.85. The minimum Gasteiger partial charge on any atom is -0.354 e. The van der Waals surface area contributed by atoms with Crippen LogP contribution in [0.2, 0.25) is 0 Å². The summed E-state index contributed by atoms with van der Waals surface area (Å²) >= 11 is 0. The summed E-state index contributed by atoms with van der Waals surface area (Å²) in [4.78, 5) is 33.1. The van der Waals surface area contributed by atoms with Gasteiger partial charge in [-0.1, -0.05) is 26.7 Å². The van der Waals surface area contributed by atoms with Crippen molar-refractivity contribution in [1.29, 1.82) is 0 Å². The Kier molecular flexibility index (Phi) is 3.76. The Morgan fingerprint density at radius 1 is 1.41 bits per heavy atom. The molecule has 1 aliphatic carbocycles. The summed E-state index contributed by atoms with van der Waals surface area (Å²) in [6.07, 6.45) is 7.25. The molecule has 1 saturated carbocycles. The highest BCUT2D eigenvalue weighted by molar-refractivity contribution is 7.63. The van der Waals surface area contributed by atoms with Crippen LogP contribution in [0.5, 0.6) is 0 Å². The number of amides is 2. The van der Waals surface area contributed by atoms with Gasteiger partial charge in [-0.2, -0.15) is 0 Å². The number of ether oxygens (including phenoxy) is 1. The van der Waals surface area contributed by atoms with E-state index in [-0.39, 0.29) is 41.8 Å². The zero-order valence-corrected chi connectivity index (χ0v) is 13.7. The van der Waals surface area contributed by atoms with Crippen molar-refractivity contribution in [2.24, 2.45) is 17.8 Å². The molecule has 6 nitrogen and oxygen atoms in total. The van der Waals surface area contributed by atoms with Crippen LogP contribution in [-0.4, -0.2) is 45.0 Å². The minimum atomic E-state index is -3.05. The number of nitrogens with zero attached hydrogens (tertiary/aromatic N) is 1. The van der Waals surface area contributed by atoms with Crippen LogP contribution >= 0.6 is 7.34 Å². The van der Waals surface area contributed by atoms with Crippen molar-refractivity contribution in [1.82, 2.24) is 10.2 Å². The fourth-order valence-corrected chi connectivity index (χ4v) is 4.85. The van der Waals surface area contributed by atoms with Crippen LogP contribution in [0.4, 0.5) is 4.79 Å². The van der Waals surface area contributed by atoms with Crippen molar-refractivity contribution in [3.05, 3.63) is 24.6 Å². The van der Waals surface area contributed by atoms with Gasteiger partial charge in [0.1, 0.15) is 13.6 Å². The monoisotopic (exact) mass is 326 g/mol. The van der Waals surface area contributed by atoms with Crippen LogP contribution in [0.25, 0.3) is 0 Å². The van der Waals surface area contributed by atoms with Gasteiger partial charge in [-0.3, -0.25) is 4.90 Å². The van der Waals surface area contributed by atoms with Gasteiger partial charge in [-0.05, 0) is 24.3 Å². The summed E-state index contributed by atoms with van der Waals surface area (Å²) < 4.78 is 6.13. The molecule has 2 heterocycles. The third-order valence-electron chi connectivity index (χ3n) is 5.06. The molecule has 0 aromatic heterocycles. The lowest BCUT2D eigenvalue weighted by Gasteiger charge is -2.31. The number of hydrogen-bond donors (Lipinski definition) is 3. The lowest BCUT2D eigenvalue weighted by Crippen LogP contribution is -2.46. The molecule has 2 fully saturated rings. The molecule has 7 heteroatoms. The van der Waals surface area contributed by atoms with Crippen LogP contribution in [0.15, 0.2) is 24.6 Å². The number of carbonyl (C=O) groups excluding carboxylic acids is 1. The lowest BCUT2D eigenvalue weighted by molar-refractivity contribution is -0.0382. The Balaban J connectivity index is 1.74. The first-order chi connectivity index (χ1) is 10.2. The molecule has 0 bridgehead atoms. The zero-order chi connectivity index (χ0) is 16.2. The van der Waals surface area contributed by atoms with Crippen molar-refractivity contribution >= 4 is 19.7 Å². The topological polar surface area (TPSA) is 82.0 Å². The van der Waals surface area contributed by atoms with Gasteiger partial charge in [-0.25, -0.2) is 4.79 Å². The quantitative estimate of drug-likeness (QED) is 0.689. The predicted molar refractivity (Wildman–Crippen MR) is 86.0 cm³/mol. The second-order valence-electron chi connectivity index (χ2n) is 6.64. The molecule has 122 valence electrons. The number of carbonyl (C=O) groups is 1. The molecule has 2 amide bonds. The SMILES string of the molecule is C=C1C=CN(C2OC(C3CC3P(=C)(O)O)C(C)C2C)C(=O)N1. The summed E-state index contributed by atoms with van der Waals surface area (Å²) in [5.74, 6) is 0.510. The first-order valence-electron chi connectivity index (χ1n) is 7.50. The Bertz CT molecular complexity index is 584. The maximum absolute atomic E-state index is 12.1. The summed E-state index contributed by atoms with van der Waals surface area (Å²) in [5.41, 5.74) is 0.405. The molecule has 0 radical (unpaired) electrons. The van der Waals surface area contributed by atoms with Crippen LogP contribution in [0.3, 0.4) is 0 Å².